The number of anilines is 1. The van der Waals surface area contributed by atoms with Gasteiger partial charge in [-0.15, -0.1) is 0 Å². The van der Waals surface area contributed by atoms with E-state index in [1.165, 1.54) is 6.92 Å². The number of aliphatic carboxylic acids is 1. The van der Waals surface area contributed by atoms with Gasteiger partial charge >= 0.3 is 5.97 Å². The quantitative estimate of drug-likeness (QED) is 0.199. The van der Waals surface area contributed by atoms with Crippen molar-refractivity contribution in [3.05, 3.63) is 95.6 Å². The molecule has 270 valence electrons. The summed E-state index contributed by atoms with van der Waals surface area (Å²) >= 11 is 0. The summed E-state index contributed by atoms with van der Waals surface area (Å²) in [5.41, 5.74) is 2.21. The van der Waals surface area contributed by atoms with Crippen LogP contribution >= 0.6 is 0 Å². The summed E-state index contributed by atoms with van der Waals surface area (Å²) in [6.45, 7) is 3.72. The van der Waals surface area contributed by atoms with Crippen molar-refractivity contribution in [1.29, 1.82) is 0 Å². The molecule has 0 spiro atoms. The van der Waals surface area contributed by atoms with Gasteiger partial charge in [-0.1, -0.05) is 74.4 Å². The molecule has 11 nitrogen and oxygen atoms in total. The number of ether oxygens (including phenoxy) is 1. The third-order valence-electron chi connectivity index (χ3n) is 10.1. The fourth-order valence-electron chi connectivity index (χ4n) is 7.38. The van der Waals surface area contributed by atoms with Crippen LogP contribution in [0, 0.1) is 5.41 Å². The third kappa shape index (κ3) is 8.58. The average molecular weight is 697 g/mol. The van der Waals surface area contributed by atoms with Gasteiger partial charge in [-0.2, -0.15) is 0 Å². The smallest absolute Gasteiger partial charge is 0.326 e. The fourth-order valence-corrected chi connectivity index (χ4v) is 7.38. The first-order chi connectivity index (χ1) is 24.6. The number of carbonyl (C=O) groups is 5. The minimum Gasteiger partial charge on any atom is -0.497 e. The van der Waals surface area contributed by atoms with Crippen LogP contribution in [0.15, 0.2) is 78.9 Å². The number of rotatable bonds is 15. The van der Waals surface area contributed by atoms with Gasteiger partial charge in [-0.05, 0) is 66.6 Å². The van der Waals surface area contributed by atoms with Crippen LogP contribution in [-0.4, -0.2) is 65.3 Å². The zero-order valence-corrected chi connectivity index (χ0v) is 29.6. The minimum atomic E-state index is -1.16. The zero-order valence-electron chi connectivity index (χ0n) is 29.6. The van der Waals surface area contributed by atoms with E-state index in [2.05, 4.69) is 10.6 Å². The van der Waals surface area contributed by atoms with E-state index >= 15 is 0 Å². The summed E-state index contributed by atoms with van der Waals surface area (Å²) in [6.07, 6.45) is 4.07. The number of hydrogen-bond acceptors (Lipinski definition) is 6. The average Bonchev–Trinajstić information content (AvgIpc) is 3.72. The maximum absolute atomic E-state index is 14.4. The summed E-state index contributed by atoms with van der Waals surface area (Å²) < 4.78 is 5.31. The molecule has 2 unspecified atom stereocenters. The molecular weight excluding hydrogens is 648 g/mol. The van der Waals surface area contributed by atoms with E-state index in [1.807, 2.05) is 61.5 Å². The Hall–Kier alpha value is -5.19. The van der Waals surface area contributed by atoms with E-state index in [-0.39, 0.29) is 30.0 Å². The Morgan fingerprint density at radius 2 is 1.59 bits per heavy atom. The Morgan fingerprint density at radius 1 is 0.941 bits per heavy atom. The van der Waals surface area contributed by atoms with Crippen molar-refractivity contribution >= 4 is 35.3 Å². The normalized spacial score (nSPS) is 18.7. The van der Waals surface area contributed by atoms with E-state index in [1.54, 1.807) is 41.2 Å². The van der Waals surface area contributed by atoms with Gasteiger partial charge in [0.05, 0.1) is 12.5 Å². The molecule has 0 aromatic heterocycles. The van der Waals surface area contributed by atoms with Crippen molar-refractivity contribution in [3.8, 4) is 5.75 Å². The maximum Gasteiger partial charge on any atom is 0.326 e. The van der Waals surface area contributed by atoms with Gasteiger partial charge in [0.15, 0.2) is 0 Å². The second kappa shape index (κ2) is 16.7. The van der Waals surface area contributed by atoms with Crippen LogP contribution in [-0.2, 0) is 36.8 Å². The SMILES string of the molecule is CCCC(=O)N1C(c2ccccc2)N(c2ccc(CC(NC(=O)C3(CCNC(C)=O)CCCC3)C(=O)O)cc2)C(=O)[C@H]1Cc1ccc(OC)cc1. The zero-order chi connectivity index (χ0) is 36.5. The molecule has 0 bridgehead atoms. The molecule has 51 heavy (non-hydrogen) atoms. The predicted octanol–water partition coefficient (Wildman–Crippen LogP) is 5.18. The van der Waals surface area contributed by atoms with Crippen molar-refractivity contribution in [2.75, 3.05) is 18.6 Å². The van der Waals surface area contributed by atoms with Gasteiger partial charge in [0.25, 0.3) is 5.91 Å². The van der Waals surface area contributed by atoms with Crippen LogP contribution in [0.5, 0.6) is 5.75 Å². The number of carboxylic acid groups (broad SMARTS) is 1. The highest BCUT2D eigenvalue weighted by atomic mass is 16.5. The first-order valence-electron chi connectivity index (χ1n) is 17.8. The highest BCUT2D eigenvalue weighted by molar-refractivity contribution is 6.03. The minimum absolute atomic E-state index is 0.0421. The highest BCUT2D eigenvalue weighted by Gasteiger charge is 2.49. The lowest BCUT2D eigenvalue weighted by Gasteiger charge is -2.32. The van der Waals surface area contributed by atoms with Gasteiger partial charge in [-0.25, -0.2) is 4.79 Å². The highest BCUT2D eigenvalue weighted by Crippen LogP contribution is 2.42. The molecule has 2 aliphatic rings. The van der Waals surface area contributed by atoms with Crippen LogP contribution in [0.1, 0.15) is 81.6 Å². The summed E-state index contributed by atoms with van der Waals surface area (Å²) in [7, 11) is 1.59. The van der Waals surface area contributed by atoms with E-state index in [4.69, 9.17) is 4.74 Å². The summed E-state index contributed by atoms with van der Waals surface area (Å²) in [5.74, 6) is -1.25. The Kier molecular flexibility index (Phi) is 12.1. The molecule has 1 aliphatic heterocycles. The molecule has 5 rings (SSSR count). The first-order valence-corrected chi connectivity index (χ1v) is 17.8. The van der Waals surface area contributed by atoms with Crippen molar-refractivity contribution in [1.82, 2.24) is 15.5 Å². The van der Waals surface area contributed by atoms with Crippen LogP contribution in [0.2, 0.25) is 0 Å². The second-order valence-electron chi connectivity index (χ2n) is 13.6. The monoisotopic (exact) mass is 696 g/mol. The van der Waals surface area contributed by atoms with Crippen LogP contribution < -0.4 is 20.3 Å². The van der Waals surface area contributed by atoms with E-state index < -0.39 is 29.6 Å². The van der Waals surface area contributed by atoms with Crippen LogP contribution in [0.4, 0.5) is 5.69 Å². The molecule has 1 saturated heterocycles. The molecule has 3 N–H and O–H groups in total. The molecule has 2 fully saturated rings. The predicted molar refractivity (Wildman–Crippen MR) is 193 cm³/mol. The van der Waals surface area contributed by atoms with Gasteiger partial charge < -0.3 is 25.4 Å². The van der Waals surface area contributed by atoms with Crippen LogP contribution in [0.3, 0.4) is 0 Å². The van der Waals surface area contributed by atoms with Gasteiger partial charge in [0, 0.05) is 38.4 Å². The van der Waals surface area contributed by atoms with Gasteiger partial charge in [0.2, 0.25) is 17.7 Å². The van der Waals surface area contributed by atoms with E-state index in [0.717, 1.165) is 24.0 Å². The van der Waals surface area contributed by atoms with E-state index in [0.29, 0.717) is 62.1 Å². The standard InChI is InChI=1S/C40H48N4O7/c1-4-10-35(46)44-34(26-29-15-19-32(51-3)20-16-29)37(47)43(36(44)30-11-6-5-7-12-30)31-17-13-28(14-18-31)25-33(38(48)49)42-39(50)40(21-8-9-22-40)23-24-41-27(2)45/h5-7,11-20,33-34,36H,4,8-10,21-26H2,1-3H3,(H,41,45)(H,42,50)(H,48,49)/t33?,34-,36?/m1/s1. The molecular formula is C40H48N4O7. The van der Waals surface area contributed by atoms with Crippen molar-refractivity contribution in [2.24, 2.45) is 5.41 Å². The number of benzene rings is 3. The van der Waals surface area contributed by atoms with Crippen LogP contribution in [0.25, 0.3) is 0 Å². The lowest BCUT2D eigenvalue weighted by molar-refractivity contribution is -0.144. The number of nitrogens with one attached hydrogen (secondary N) is 2. The topological polar surface area (TPSA) is 145 Å². The first kappa shape index (κ1) is 37.1. The lowest BCUT2D eigenvalue weighted by Crippen LogP contribution is -2.49. The molecule has 11 heteroatoms. The van der Waals surface area contributed by atoms with Crippen molar-refractivity contribution < 1.29 is 33.8 Å². The molecule has 3 aromatic carbocycles. The number of hydrogen-bond donors (Lipinski definition) is 3. The number of carbonyl (C=O) groups excluding carboxylic acids is 4. The molecule has 3 atom stereocenters. The molecule has 1 saturated carbocycles. The van der Waals surface area contributed by atoms with Crippen molar-refractivity contribution in [3.63, 3.8) is 0 Å². The Labute approximate surface area is 299 Å². The largest absolute Gasteiger partial charge is 0.497 e. The Morgan fingerprint density at radius 3 is 2.18 bits per heavy atom. The number of amides is 4. The molecule has 3 aromatic rings. The fraction of sp³-hybridized carbons (Fsp3) is 0.425. The third-order valence-corrected chi connectivity index (χ3v) is 10.1. The van der Waals surface area contributed by atoms with Gasteiger partial charge in [0.1, 0.15) is 24.0 Å². The van der Waals surface area contributed by atoms with Gasteiger partial charge in [-0.3, -0.25) is 24.1 Å². The summed E-state index contributed by atoms with van der Waals surface area (Å²) in [6, 6.07) is 22.1. The molecule has 1 heterocycles. The Bertz CT molecular complexity index is 1690. The molecule has 1 aliphatic carbocycles. The summed E-state index contributed by atoms with van der Waals surface area (Å²) in [5, 5.41) is 15.7. The maximum atomic E-state index is 14.4. The second-order valence-corrected chi connectivity index (χ2v) is 13.6. The summed E-state index contributed by atoms with van der Waals surface area (Å²) in [4.78, 5) is 69.0. The lowest BCUT2D eigenvalue weighted by atomic mass is 9.81. The number of nitrogens with zero attached hydrogens (tertiary/aromatic N) is 2. The van der Waals surface area contributed by atoms with Crippen molar-refractivity contribution in [2.45, 2.75) is 89.9 Å². The van der Waals surface area contributed by atoms with E-state index in [9.17, 15) is 29.1 Å². The molecule has 4 amide bonds. The molecule has 0 radical (unpaired) electrons. The Balaban J connectivity index is 1.40. The number of carboxylic acids is 1. The number of methoxy groups -OCH3 is 1.